The van der Waals surface area contributed by atoms with Gasteiger partial charge in [-0.1, -0.05) is 13.3 Å². The Kier molecular flexibility index (Phi) is 5.58. The first-order valence-electron chi connectivity index (χ1n) is 8.23. The smallest absolute Gasteiger partial charge is 0.342 e. The Morgan fingerprint density at radius 3 is 2.57 bits per heavy atom. The van der Waals surface area contributed by atoms with Crippen LogP contribution < -0.4 is 4.90 Å². The molecular formula is C17H25N3O3. The molecule has 0 aliphatic carbocycles. The minimum absolute atomic E-state index is 0.320. The number of carbonyl (C=O) groups is 1. The molecule has 126 valence electrons. The summed E-state index contributed by atoms with van der Waals surface area (Å²) in [5.74, 6) is 1.52. The maximum absolute atomic E-state index is 12.3. The van der Waals surface area contributed by atoms with Gasteiger partial charge in [0.1, 0.15) is 23.0 Å². The Bertz CT molecular complexity index is 694. The van der Waals surface area contributed by atoms with Gasteiger partial charge < -0.3 is 14.1 Å². The van der Waals surface area contributed by atoms with Crippen LogP contribution >= 0.6 is 0 Å². The van der Waals surface area contributed by atoms with Gasteiger partial charge in [-0.2, -0.15) is 4.98 Å². The zero-order valence-electron chi connectivity index (χ0n) is 14.6. The number of aromatic nitrogens is 2. The molecule has 0 saturated carbocycles. The Morgan fingerprint density at radius 1 is 1.22 bits per heavy atom. The molecular weight excluding hydrogens is 294 g/mol. The molecule has 0 aliphatic rings. The summed E-state index contributed by atoms with van der Waals surface area (Å²) in [6.45, 7) is 11.6. The van der Waals surface area contributed by atoms with Crippen molar-refractivity contribution in [2.75, 3.05) is 24.6 Å². The minimum atomic E-state index is -0.385. The van der Waals surface area contributed by atoms with Crippen LogP contribution in [0.4, 0.5) is 5.82 Å². The van der Waals surface area contributed by atoms with E-state index in [0.717, 1.165) is 31.7 Å². The lowest BCUT2D eigenvalue weighted by Crippen LogP contribution is -2.26. The van der Waals surface area contributed by atoms with E-state index in [4.69, 9.17) is 9.15 Å². The number of aryl methyl sites for hydroxylation is 2. The van der Waals surface area contributed by atoms with Gasteiger partial charge in [-0.25, -0.2) is 9.78 Å². The van der Waals surface area contributed by atoms with E-state index in [9.17, 15) is 4.79 Å². The summed E-state index contributed by atoms with van der Waals surface area (Å²) < 4.78 is 10.9. The Labute approximate surface area is 136 Å². The molecule has 2 aromatic rings. The van der Waals surface area contributed by atoms with Gasteiger partial charge in [0.25, 0.3) is 0 Å². The van der Waals surface area contributed by atoms with Crippen molar-refractivity contribution in [3.8, 4) is 0 Å². The fraction of sp³-hybridized carbons (Fsp3) is 0.588. The van der Waals surface area contributed by atoms with E-state index < -0.39 is 0 Å². The Morgan fingerprint density at radius 2 is 1.96 bits per heavy atom. The van der Waals surface area contributed by atoms with Crippen LogP contribution in [0.25, 0.3) is 11.1 Å². The highest BCUT2D eigenvalue weighted by molar-refractivity contribution is 6.07. The third-order valence-corrected chi connectivity index (χ3v) is 3.76. The van der Waals surface area contributed by atoms with Crippen LogP contribution in [0.3, 0.4) is 0 Å². The summed E-state index contributed by atoms with van der Waals surface area (Å²) >= 11 is 0. The summed E-state index contributed by atoms with van der Waals surface area (Å²) in [6, 6.07) is 0. The lowest BCUT2D eigenvalue weighted by Gasteiger charge is -2.22. The number of furan rings is 1. The number of hydrogen-bond acceptors (Lipinski definition) is 6. The molecule has 0 N–H and O–H groups in total. The molecule has 2 rings (SSSR count). The van der Waals surface area contributed by atoms with Crippen LogP contribution in [-0.2, 0) is 4.74 Å². The van der Waals surface area contributed by atoms with Gasteiger partial charge in [0.15, 0.2) is 0 Å². The molecule has 0 unspecified atom stereocenters. The first-order valence-corrected chi connectivity index (χ1v) is 8.23. The predicted molar refractivity (Wildman–Crippen MR) is 90.0 cm³/mol. The number of nitrogens with zero attached hydrogens (tertiary/aromatic N) is 3. The Balaban J connectivity index is 2.64. The van der Waals surface area contributed by atoms with E-state index in [-0.39, 0.29) is 5.97 Å². The topological polar surface area (TPSA) is 68.5 Å². The largest absolute Gasteiger partial charge is 0.462 e. The van der Waals surface area contributed by atoms with Gasteiger partial charge in [-0.3, -0.25) is 0 Å². The number of ether oxygens (including phenoxy) is 1. The molecule has 0 aromatic carbocycles. The van der Waals surface area contributed by atoms with Crippen molar-refractivity contribution >= 4 is 22.9 Å². The first-order chi connectivity index (χ1) is 11.0. The number of hydrogen-bond donors (Lipinski definition) is 0. The highest BCUT2D eigenvalue weighted by Gasteiger charge is 2.26. The van der Waals surface area contributed by atoms with E-state index in [0.29, 0.717) is 34.9 Å². The zero-order valence-corrected chi connectivity index (χ0v) is 14.6. The molecule has 6 nitrogen and oxygen atoms in total. The number of fused-ring (bicyclic) bond motifs is 1. The number of esters is 1. The van der Waals surface area contributed by atoms with Gasteiger partial charge >= 0.3 is 5.97 Å². The van der Waals surface area contributed by atoms with Crippen LogP contribution in [0, 0.1) is 13.8 Å². The summed E-state index contributed by atoms with van der Waals surface area (Å²) in [5.41, 5.74) is 0.884. The Hall–Kier alpha value is -2.11. The van der Waals surface area contributed by atoms with Crippen LogP contribution in [0.15, 0.2) is 4.42 Å². The highest BCUT2D eigenvalue weighted by atomic mass is 16.5. The lowest BCUT2D eigenvalue weighted by atomic mass is 10.1. The number of carbonyl (C=O) groups excluding carboxylic acids is 1. The lowest BCUT2D eigenvalue weighted by molar-refractivity contribution is 0.0526. The quantitative estimate of drug-likeness (QED) is 0.726. The standard InChI is InChI=1S/C17H25N3O3/c1-6-9-10-20(7-2)15-14-13(17(21)22-8-3)11(4)23-16(14)19-12(5)18-15/h6-10H2,1-5H3. The highest BCUT2D eigenvalue weighted by Crippen LogP contribution is 2.32. The number of anilines is 1. The average Bonchev–Trinajstić information content (AvgIpc) is 2.83. The summed E-state index contributed by atoms with van der Waals surface area (Å²) in [4.78, 5) is 23.4. The second-order valence-corrected chi connectivity index (χ2v) is 5.46. The van der Waals surface area contributed by atoms with E-state index in [1.54, 1.807) is 13.8 Å². The monoisotopic (exact) mass is 319 g/mol. The van der Waals surface area contributed by atoms with Crippen molar-refractivity contribution in [1.82, 2.24) is 9.97 Å². The zero-order chi connectivity index (χ0) is 17.0. The summed E-state index contributed by atoms with van der Waals surface area (Å²) in [7, 11) is 0. The third kappa shape index (κ3) is 3.46. The number of rotatable bonds is 7. The van der Waals surface area contributed by atoms with Crippen molar-refractivity contribution in [1.29, 1.82) is 0 Å². The van der Waals surface area contributed by atoms with E-state index in [2.05, 4.69) is 28.7 Å². The SMILES string of the molecule is CCCCN(CC)c1nc(C)nc2oc(C)c(C(=O)OCC)c12. The molecule has 0 spiro atoms. The number of unbranched alkanes of at least 4 members (excludes halogenated alkanes) is 1. The van der Waals surface area contributed by atoms with Crippen molar-refractivity contribution < 1.29 is 13.9 Å². The van der Waals surface area contributed by atoms with Crippen molar-refractivity contribution in [3.63, 3.8) is 0 Å². The molecule has 0 bridgehead atoms. The molecule has 0 fully saturated rings. The summed E-state index contributed by atoms with van der Waals surface area (Å²) in [5, 5.41) is 0.657. The molecule has 0 aliphatic heterocycles. The van der Waals surface area contributed by atoms with Crippen molar-refractivity contribution in [3.05, 3.63) is 17.1 Å². The molecule has 23 heavy (non-hydrogen) atoms. The van der Waals surface area contributed by atoms with Crippen LogP contribution in [0.2, 0.25) is 0 Å². The fourth-order valence-corrected chi connectivity index (χ4v) is 2.64. The van der Waals surface area contributed by atoms with Gasteiger partial charge in [0.05, 0.1) is 12.0 Å². The van der Waals surface area contributed by atoms with E-state index >= 15 is 0 Å². The third-order valence-electron chi connectivity index (χ3n) is 3.76. The minimum Gasteiger partial charge on any atom is -0.462 e. The first kappa shape index (κ1) is 17.2. The van der Waals surface area contributed by atoms with Gasteiger partial charge in [-0.15, -0.1) is 0 Å². The molecule has 6 heteroatoms. The second kappa shape index (κ2) is 7.44. The van der Waals surface area contributed by atoms with Crippen LogP contribution in [-0.4, -0.2) is 35.6 Å². The maximum atomic E-state index is 12.3. The molecule has 0 radical (unpaired) electrons. The van der Waals surface area contributed by atoms with Crippen LogP contribution in [0.1, 0.15) is 55.6 Å². The second-order valence-electron chi connectivity index (χ2n) is 5.46. The van der Waals surface area contributed by atoms with Crippen molar-refractivity contribution in [2.45, 2.75) is 47.5 Å². The van der Waals surface area contributed by atoms with Crippen LogP contribution in [0.5, 0.6) is 0 Å². The fourth-order valence-electron chi connectivity index (χ4n) is 2.64. The normalized spacial score (nSPS) is 11.0. The molecule has 2 aromatic heterocycles. The molecule has 2 heterocycles. The maximum Gasteiger partial charge on any atom is 0.342 e. The molecule has 0 saturated heterocycles. The van der Waals surface area contributed by atoms with E-state index in [1.807, 2.05) is 6.92 Å². The average molecular weight is 319 g/mol. The van der Waals surface area contributed by atoms with Gasteiger partial charge in [0, 0.05) is 13.1 Å². The summed E-state index contributed by atoms with van der Waals surface area (Å²) in [6.07, 6.45) is 2.16. The molecule has 0 atom stereocenters. The van der Waals surface area contributed by atoms with E-state index in [1.165, 1.54) is 0 Å². The predicted octanol–water partition coefficient (Wildman–Crippen LogP) is 3.64. The van der Waals surface area contributed by atoms with Crippen molar-refractivity contribution in [2.24, 2.45) is 0 Å². The van der Waals surface area contributed by atoms with Gasteiger partial charge in [-0.05, 0) is 34.1 Å². The van der Waals surface area contributed by atoms with Gasteiger partial charge in [0.2, 0.25) is 5.71 Å². The molecule has 0 amide bonds.